The molecule has 1 N–H and O–H groups in total. The van der Waals surface area contributed by atoms with Crippen LogP contribution in [0.4, 0.5) is 23.7 Å². The predicted molar refractivity (Wildman–Crippen MR) is 102 cm³/mol. The fourth-order valence-electron chi connectivity index (χ4n) is 3.57. The first-order chi connectivity index (χ1) is 12.9. The van der Waals surface area contributed by atoms with Crippen LogP contribution in [0.3, 0.4) is 0 Å². The average molecular weight is 398 g/mol. The highest BCUT2D eigenvalue weighted by Crippen LogP contribution is 2.31. The Morgan fingerprint density at radius 2 is 2.11 bits per heavy atom. The molecule has 3 rings (SSSR count). The maximum Gasteiger partial charge on any atom is 0.494 e. The van der Waals surface area contributed by atoms with Crippen molar-refractivity contribution in [1.29, 1.82) is 0 Å². The van der Waals surface area contributed by atoms with Gasteiger partial charge in [-0.05, 0) is 57.6 Å². The van der Waals surface area contributed by atoms with Crippen LogP contribution < -0.4 is 10.8 Å². The molecule has 2 fully saturated rings. The van der Waals surface area contributed by atoms with Crippen molar-refractivity contribution in [2.24, 2.45) is 5.92 Å². The Kier molecular flexibility index (Phi) is 5.69. The molecule has 1 aromatic carbocycles. The summed E-state index contributed by atoms with van der Waals surface area (Å²) in [4.78, 5) is 13.9. The van der Waals surface area contributed by atoms with Crippen LogP contribution >= 0.6 is 0 Å². The molecule has 5 nitrogen and oxygen atoms in total. The highest BCUT2D eigenvalue weighted by molar-refractivity contribution is 6.62. The molecule has 0 aromatic heterocycles. The van der Waals surface area contributed by atoms with Crippen LogP contribution in [-0.4, -0.2) is 49.0 Å². The largest absolute Gasteiger partial charge is 0.494 e. The number of nitrogens with one attached hydrogen (secondary N) is 1. The van der Waals surface area contributed by atoms with Crippen molar-refractivity contribution in [3.63, 3.8) is 0 Å². The number of likely N-dealkylation sites (tertiary alicyclic amines) is 1. The van der Waals surface area contributed by atoms with Gasteiger partial charge in [0.2, 0.25) is 0 Å². The molecule has 1 unspecified atom stereocenters. The summed E-state index contributed by atoms with van der Waals surface area (Å²) in [7, 11) is -0.523. The monoisotopic (exact) mass is 398 g/mol. The molecular formula is C19H26BF3N2O3. The van der Waals surface area contributed by atoms with E-state index in [0.29, 0.717) is 18.7 Å². The van der Waals surface area contributed by atoms with Crippen molar-refractivity contribution in [3.8, 4) is 0 Å². The third-order valence-corrected chi connectivity index (χ3v) is 5.60. The summed E-state index contributed by atoms with van der Waals surface area (Å²) in [5.41, 5.74) is 1.94. The molecule has 28 heavy (non-hydrogen) atoms. The molecule has 2 aliphatic heterocycles. The standard InChI is InChI=1S/C19H26BF3N2O3/c1-12-5-6-15(9-16(12)20-27-13(2)18(3,4)28-20)24-17(26)25-8-7-14(11-25)10-19(21,22)23/h5-6,9,13-14H,7-8,10-11H2,1-4H3,(H,24,26)/t13?,14-/m0/s1. The number of amides is 2. The molecule has 154 valence electrons. The lowest BCUT2D eigenvalue weighted by atomic mass is 9.76. The van der Waals surface area contributed by atoms with Gasteiger partial charge in [-0.1, -0.05) is 11.6 Å². The van der Waals surface area contributed by atoms with Gasteiger partial charge in [0.25, 0.3) is 0 Å². The van der Waals surface area contributed by atoms with Gasteiger partial charge >= 0.3 is 19.3 Å². The second-order valence-electron chi connectivity index (χ2n) is 8.25. The molecular weight excluding hydrogens is 372 g/mol. The molecule has 2 atom stereocenters. The molecule has 0 aliphatic carbocycles. The Bertz CT molecular complexity index is 742. The zero-order valence-electron chi connectivity index (χ0n) is 16.6. The first kappa shape index (κ1) is 21.0. The Hall–Kier alpha value is -1.74. The summed E-state index contributed by atoms with van der Waals surface area (Å²) in [5, 5.41) is 2.78. The third-order valence-electron chi connectivity index (χ3n) is 5.60. The number of benzene rings is 1. The molecule has 2 heterocycles. The Balaban J connectivity index is 1.65. The SMILES string of the molecule is Cc1ccc(NC(=O)N2CC[C@@H](CC(F)(F)F)C2)cc1B1OC(C)C(C)(C)O1. The zero-order chi connectivity index (χ0) is 20.7. The van der Waals surface area contributed by atoms with Crippen LogP contribution in [0.15, 0.2) is 18.2 Å². The van der Waals surface area contributed by atoms with Crippen LogP contribution in [0.2, 0.25) is 0 Å². The topological polar surface area (TPSA) is 50.8 Å². The number of hydrogen-bond donors (Lipinski definition) is 1. The number of anilines is 1. The van der Waals surface area contributed by atoms with E-state index in [2.05, 4.69) is 5.32 Å². The molecule has 0 saturated carbocycles. The number of alkyl halides is 3. The molecule has 0 bridgehead atoms. The van der Waals surface area contributed by atoms with Gasteiger partial charge in [-0.2, -0.15) is 13.2 Å². The Morgan fingerprint density at radius 1 is 1.39 bits per heavy atom. The molecule has 2 amide bonds. The Morgan fingerprint density at radius 3 is 2.71 bits per heavy atom. The second-order valence-corrected chi connectivity index (χ2v) is 8.25. The van der Waals surface area contributed by atoms with Crippen LogP contribution in [-0.2, 0) is 9.31 Å². The van der Waals surface area contributed by atoms with Gasteiger partial charge in [0.15, 0.2) is 0 Å². The lowest BCUT2D eigenvalue weighted by Crippen LogP contribution is -2.37. The van der Waals surface area contributed by atoms with E-state index in [1.807, 2.05) is 33.8 Å². The van der Waals surface area contributed by atoms with E-state index >= 15 is 0 Å². The number of halogens is 3. The van der Waals surface area contributed by atoms with E-state index in [4.69, 9.17) is 9.31 Å². The van der Waals surface area contributed by atoms with Crippen LogP contribution in [0.25, 0.3) is 0 Å². The lowest BCUT2D eigenvalue weighted by Gasteiger charge is -2.21. The van der Waals surface area contributed by atoms with Gasteiger partial charge in [-0.15, -0.1) is 0 Å². The van der Waals surface area contributed by atoms with Gasteiger partial charge in [0.05, 0.1) is 11.7 Å². The first-order valence-electron chi connectivity index (χ1n) is 9.51. The minimum absolute atomic E-state index is 0.0784. The van der Waals surface area contributed by atoms with Gasteiger partial charge < -0.3 is 19.5 Å². The summed E-state index contributed by atoms with van der Waals surface area (Å²) < 4.78 is 49.6. The van der Waals surface area contributed by atoms with Crippen molar-refractivity contribution in [3.05, 3.63) is 23.8 Å². The van der Waals surface area contributed by atoms with Gasteiger partial charge in [0, 0.05) is 25.2 Å². The van der Waals surface area contributed by atoms with E-state index in [9.17, 15) is 18.0 Å². The van der Waals surface area contributed by atoms with Crippen LogP contribution in [0, 0.1) is 12.8 Å². The lowest BCUT2D eigenvalue weighted by molar-refractivity contribution is -0.143. The summed E-state index contributed by atoms with van der Waals surface area (Å²) in [5.74, 6) is -0.539. The van der Waals surface area contributed by atoms with Gasteiger partial charge in [0.1, 0.15) is 0 Å². The predicted octanol–water partition coefficient (Wildman–Crippen LogP) is 3.71. The minimum Gasteiger partial charge on any atom is -0.402 e. The summed E-state index contributed by atoms with van der Waals surface area (Å²) >= 11 is 0. The third kappa shape index (κ3) is 4.81. The molecule has 2 saturated heterocycles. The van der Waals surface area contributed by atoms with Gasteiger partial charge in [-0.25, -0.2) is 4.79 Å². The van der Waals surface area contributed by atoms with Crippen LogP contribution in [0.1, 0.15) is 39.2 Å². The molecule has 1 aromatic rings. The highest BCUT2D eigenvalue weighted by Gasteiger charge is 2.44. The van der Waals surface area contributed by atoms with Crippen molar-refractivity contribution < 1.29 is 27.3 Å². The van der Waals surface area contributed by atoms with Crippen molar-refractivity contribution in [2.75, 3.05) is 18.4 Å². The number of aryl methyl sites for hydroxylation is 1. The summed E-state index contributed by atoms with van der Waals surface area (Å²) in [6, 6.07) is 5.05. The maximum atomic E-state index is 12.6. The van der Waals surface area contributed by atoms with Crippen molar-refractivity contribution in [1.82, 2.24) is 4.90 Å². The second kappa shape index (κ2) is 7.59. The summed E-state index contributed by atoms with van der Waals surface area (Å²) in [6.07, 6.45) is -4.77. The quantitative estimate of drug-likeness (QED) is 0.790. The number of urea groups is 1. The summed E-state index contributed by atoms with van der Waals surface area (Å²) in [6.45, 7) is 8.25. The fraction of sp³-hybridized carbons (Fsp3) is 0.632. The van der Waals surface area contributed by atoms with Crippen molar-refractivity contribution >= 4 is 24.3 Å². The smallest absolute Gasteiger partial charge is 0.402 e. The van der Waals surface area contributed by atoms with E-state index in [1.165, 1.54) is 4.90 Å². The first-order valence-corrected chi connectivity index (χ1v) is 9.51. The molecule has 2 aliphatic rings. The maximum absolute atomic E-state index is 12.6. The number of rotatable bonds is 3. The zero-order valence-corrected chi connectivity index (χ0v) is 16.6. The van der Waals surface area contributed by atoms with E-state index < -0.39 is 31.2 Å². The average Bonchev–Trinajstić information content (AvgIpc) is 3.12. The number of carbonyl (C=O) groups is 1. The minimum atomic E-state index is -4.20. The normalized spacial score (nSPS) is 24.7. The molecule has 0 radical (unpaired) electrons. The van der Waals surface area contributed by atoms with E-state index in [1.54, 1.807) is 12.1 Å². The van der Waals surface area contributed by atoms with Gasteiger partial charge in [-0.3, -0.25) is 0 Å². The van der Waals surface area contributed by atoms with E-state index in [0.717, 1.165) is 11.0 Å². The Labute approximate surface area is 163 Å². The van der Waals surface area contributed by atoms with E-state index in [-0.39, 0.29) is 18.7 Å². The van der Waals surface area contributed by atoms with Crippen molar-refractivity contribution in [2.45, 2.75) is 58.4 Å². The number of hydrogen-bond acceptors (Lipinski definition) is 3. The highest BCUT2D eigenvalue weighted by atomic mass is 19.4. The molecule has 9 heteroatoms. The number of carbonyl (C=O) groups excluding carboxylic acids is 1. The van der Waals surface area contributed by atoms with Crippen LogP contribution in [0.5, 0.6) is 0 Å². The molecule has 0 spiro atoms. The number of nitrogens with zero attached hydrogens (tertiary/aromatic N) is 1. The fourth-order valence-corrected chi connectivity index (χ4v) is 3.57.